The summed E-state index contributed by atoms with van der Waals surface area (Å²) in [5.74, 6) is 0. The Balaban J connectivity index is 1.93. The number of aromatic nitrogens is 1. The van der Waals surface area contributed by atoms with Gasteiger partial charge in [0.25, 0.3) is 0 Å². The van der Waals surface area contributed by atoms with Gasteiger partial charge in [-0.25, -0.2) is 0 Å². The maximum absolute atomic E-state index is 4.51. The first-order valence-electron chi connectivity index (χ1n) is 7.16. The van der Waals surface area contributed by atoms with Crippen molar-refractivity contribution < 1.29 is 0 Å². The SMILES string of the molecule is CCC1CCN(Cc2ncccc2C)CCCN1. The van der Waals surface area contributed by atoms with Crippen molar-refractivity contribution >= 4 is 0 Å². The van der Waals surface area contributed by atoms with Gasteiger partial charge in [0.05, 0.1) is 5.69 Å². The van der Waals surface area contributed by atoms with Crippen molar-refractivity contribution in [2.24, 2.45) is 0 Å². The Morgan fingerprint density at radius 1 is 1.44 bits per heavy atom. The number of hydrogen-bond donors (Lipinski definition) is 1. The molecule has 0 aromatic carbocycles. The fourth-order valence-electron chi connectivity index (χ4n) is 2.56. The Labute approximate surface area is 111 Å². The number of rotatable bonds is 3. The van der Waals surface area contributed by atoms with Gasteiger partial charge in [0.1, 0.15) is 0 Å². The molecule has 0 amide bonds. The van der Waals surface area contributed by atoms with E-state index in [9.17, 15) is 0 Å². The zero-order valence-corrected chi connectivity index (χ0v) is 11.7. The van der Waals surface area contributed by atoms with E-state index in [-0.39, 0.29) is 0 Å². The molecule has 1 N–H and O–H groups in total. The van der Waals surface area contributed by atoms with Crippen LogP contribution in [0.4, 0.5) is 0 Å². The smallest absolute Gasteiger partial charge is 0.0573 e. The lowest BCUT2D eigenvalue weighted by atomic mass is 10.1. The zero-order chi connectivity index (χ0) is 12.8. The molecule has 0 spiro atoms. The molecular formula is C15H25N3. The summed E-state index contributed by atoms with van der Waals surface area (Å²) in [7, 11) is 0. The fraction of sp³-hybridized carbons (Fsp3) is 0.667. The fourth-order valence-corrected chi connectivity index (χ4v) is 2.56. The summed E-state index contributed by atoms with van der Waals surface area (Å²) >= 11 is 0. The summed E-state index contributed by atoms with van der Waals surface area (Å²) < 4.78 is 0. The first kappa shape index (κ1) is 13.5. The van der Waals surface area contributed by atoms with E-state index < -0.39 is 0 Å². The van der Waals surface area contributed by atoms with E-state index >= 15 is 0 Å². The quantitative estimate of drug-likeness (QED) is 0.888. The molecule has 3 nitrogen and oxygen atoms in total. The molecule has 1 fully saturated rings. The van der Waals surface area contributed by atoms with Crippen molar-refractivity contribution in [1.82, 2.24) is 15.2 Å². The highest BCUT2D eigenvalue weighted by Crippen LogP contribution is 2.11. The van der Waals surface area contributed by atoms with Crippen molar-refractivity contribution in [2.75, 3.05) is 19.6 Å². The van der Waals surface area contributed by atoms with E-state index in [1.165, 1.54) is 43.6 Å². The largest absolute Gasteiger partial charge is 0.314 e. The predicted octanol–water partition coefficient (Wildman–Crippen LogP) is 2.35. The molecule has 1 aromatic rings. The van der Waals surface area contributed by atoms with Gasteiger partial charge in [-0.05, 0) is 50.9 Å². The van der Waals surface area contributed by atoms with E-state index in [4.69, 9.17) is 0 Å². The lowest BCUT2D eigenvalue weighted by Gasteiger charge is -2.28. The Morgan fingerprint density at radius 2 is 2.33 bits per heavy atom. The van der Waals surface area contributed by atoms with Crippen LogP contribution < -0.4 is 5.32 Å². The lowest BCUT2D eigenvalue weighted by molar-refractivity contribution is 0.222. The topological polar surface area (TPSA) is 28.2 Å². The maximum atomic E-state index is 4.51. The summed E-state index contributed by atoms with van der Waals surface area (Å²) in [6, 6.07) is 4.86. The Hall–Kier alpha value is -0.930. The van der Waals surface area contributed by atoms with Crippen LogP contribution in [0, 0.1) is 6.92 Å². The molecule has 0 bridgehead atoms. The van der Waals surface area contributed by atoms with Crippen LogP contribution in [0.5, 0.6) is 0 Å². The number of nitrogens with zero attached hydrogens (tertiary/aromatic N) is 2. The minimum atomic E-state index is 0.692. The zero-order valence-electron chi connectivity index (χ0n) is 11.7. The number of nitrogens with one attached hydrogen (secondary N) is 1. The molecule has 1 atom stereocenters. The van der Waals surface area contributed by atoms with Crippen LogP contribution in [0.2, 0.25) is 0 Å². The monoisotopic (exact) mass is 247 g/mol. The second kappa shape index (κ2) is 6.86. The van der Waals surface area contributed by atoms with Crippen molar-refractivity contribution in [1.29, 1.82) is 0 Å². The summed E-state index contributed by atoms with van der Waals surface area (Å²) in [4.78, 5) is 7.06. The highest BCUT2D eigenvalue weighted by atomic mass is 15.1. The second-order valence-electron chi connectivity index (χ2n) is 5.24. The van der Waals surface area contributed by atoms with E-state index in [0.717, 1.165) is 13.1 Å². The summed E-state index contributed by atoms with van der Waals surface area (Å²) in [6.45, 7) is 8.94. The second-order valence-corrected chi connectivity index (χ2v) is 5.24. The molecule has 0 saturated carbocycles. The Morgan fingerprint density at radius 3 is 3.11 bits per heavy atom. The van der Waals surface area contributed by atoms with Crippen molar-refractivity contribution in [3.05, 3.63) is 29.6 Å². The third kappa shape index (κ3) is 3.79. The normalized spacial score (nSPS) is 22.4. The van der Waals surface area contributed by atoms with Crippen LogP contribution in [-0.4, -0.2) is 35.6 Å². The molecule has 1 aliphatic heterocycles. The molecular weight excluding hydrogens is 222 g/mol. The van der Waals surface area contributed by atoms with E-state index in [2.05, 4.69) is 35.1 Å². The van der Waals surface area contributed by atoms with Gasteiger partial charge in [-0.1, -0.05) is 13.0 Å². The van der Waals surface area contributed by atoms with Crippen LogP contribution in [0.25, 0.3) is 0 Å². The molecule has 3 heteroatoms. The molecule has 1 aliphatic rings. The van der Waals surface area contributed by atoms with Gasteiger partial charge >= 0.3 is 0 Å². The van der Waals surface area contributed by atoms with Gasteiger partial charge in [-0.2, -0.15) is 0 Å². The summed E-state index contributed by atoms with van der Waals surface area (Å²) in [5.41, 5.74) is 2.55. The standard InChI is InChI=1S/C15H25N3/c1-3-14-7-11-18(10-5-9-16-14)12-15-13(2)6-4-8-17-15/h4,6,8,14,16H,3,5,7,9-12H2,1-2H3. The van der Waals surface area contributed by atoms with E-state index in [1.807, 2.05) is 12.3 Å². The highest BCUT2D eigenvalue weighted by molar-refractivity contribution is 5.17. The van der Waals surface area contributed by atoms with Gasteiger partial charge < -0.3 is 5.32 Å². The third-order valence-electron chi connectivity index (χ3n) is 3.86. The molecule has 1 aromatic heterocycles. The average Bonchev–Trinajstić information content (AvgIpc) is 2.36. The third-order valence-corrected chi connectivity index (χ3v) is 3.86. The molecule has 1 saturated heterocycles. The van der Waals surface area contributed by atoms with Crippen LogP contribution in [0.3, 0.4) is 0 Å². The highest BCUT2D eigenvalue weighted by Gasteiger charge is 2.14. The van der Waals surface area contributed by atoms with Crippen LogP contribution >= 0.6 is 0 Å². The molecule has 1 unspecified atom stereocenters. The van der Waals surface area contributed by atoms with E-state index in [1.54, 1.807) is 0 Å². The molecule has 18 heavy (non-hydrogen) atoms. The van der Waals surface area contributed by atoms with Crippen molar-refractivity contribution in [3.63, 3.8) is 0 Å². The predicted molar refractivity (Wildman–Crippen MR) is 75.6 cm³/mol. The summed E-state index contributed by atoms with van der Waals surface area (Å²) in [5, 5.41) is 3.62. The molecule has 0 radical (unpaired) electrons. The minimum absolute atomic E-state index is 0.692. The van der Waals surface area contributed by atoms with Crippen molar-refractivity contribution in [2.45, 2.75) is 45.7 Å². The molecule has 2 rings (SSSR count). The Bertz CT molecular complexity index is 365. The van der Waals surface area contributed by atoms with Crippen LogP contribution in [0.15, 0.2) is 18.3 Å². The lowest BCUT2D eigenvalue weighted by Crippen LogP contribution is -2.39. The Kier molecular flexibility index (Phi) is 5.14. The van der Waals surface area contributed by atoms with Crippen LogP contribution in [-0.2, 0) is 6.54 Å². The average molecular weight is 247 g/mol. The van der Waals surface area contributed by atoms with Crippen LogP contribution in [0.1, 0.15) is 37.4 Å². The number of pyridine rings is 1. The maximum Gasteiger partial charge on any atom is 0.0573 e. The van der Waals surface area contributed by atoms with Gasteiger partial charge in [-0.15, -0.1) is 0 Å². The number of hydrogen-bond acceptors (Lipinski definition) is 3. The van der Waals surface area contributed by atoms with Gasteiger partial charge in [0.2, 0.25) is 0 Å². The molecule has 0 aliphatic carbocycles. The van der Waals surface area contributed by atoms with Crippen molar-refractivity contribution in [3.8, 4) is 0 Å². The molecule has 2 heterocycles. The van der Waals surface area contributed by atoms with Gasteiger partial charge in [0, 0.05) is 25.3 Å². The van der Waals surface area contributed by atoms with Gasteiger partial charge in [-0.3, -0.25) is 9.88 Å². The minimum Gasteiger partial charge on any atom is -0.314 e. The first-order chi connectivity index (χ1) is 8.79. The summed E-state index contributed by atoms with van der Waals surface area (Å²) in [6.07, 6.45) is 5.63. The van der Waals surface area contributed by atoms with E-state index in [0.29, 0.717) is 6.04 Å². The van der Waals surface area contributed by atoms with Gasteiger partial charge in [0.15, 0.2) is 0 Å². The molecule has 100 valence electrons. The number of aryl methyl sites for hydroxylation is 1. The first-order valence-corrected chi connectivity index (χ1v) is 7.16.